The van der Waals surface area contributed by atoms with Gasteiger partial charge in [-0.25, -0.2) is 9.59 Å². The summed E-state index contributed by atoms with van der Waals surface area (Å²) in [6, 6.07) is -1.41. The van der Waals surface area contributed by atoms with Crippen LogP contribution in [0, 0.1) is 0 Å². The van der Waals surface area contributed by atoms with Crippen LogP contribution in [0.2, 0.25) is 0 Å². The molecule has 4 N–H and O–H groups in total. The molecular weight excluding hydrogens is 254 g/mol. The van der Waals surface area contributed by atoms with Gasteiger partial charge in [0.05, 0.1) is 6.61 Å². The van der Waals surface area contributed by atoms with Crippen molar-refractivity contribution < 1.29 is 24.2 Å². The Morgan fingerprint density at radius 1 is 1.37 bits per heavy atom. The zero-order valence-corrected chi connectivity index (χ0v) is 11.0. The van der Waals surface area contributed by atoms with Crippen molar-refractivity contribution in [1.29, 1.82) is 0 Å². The average molecular weight is 273 g/mol. The van der Waals surface area contributed by atoms with Crippen LogP contribution in [-0.2, 0) is 14.3 Å². The van der Waals surface area contributed by atoms with Crippen molar-refractivity contribution in [3.63, 3.8) is 0 Å². The standard InChI is InChI=1S/C11H19N3O5/c1-7(8(15)12-5-6-19-2)13-10(18)14-11(3-4-11)9(16)17/h7H,3-6H2,1-2H3,(H,12,15)(H,16,17)(H2,13,14,18). The quantitative estimate of drug-likeness (QED) is 0.446. The van der Waals surface area contributed by atoms with Gasteiger partial charge in [-0.15, -0.1) is 0 Å². The van der Waals surface area contributed by atoms with Crippen molar-refractivity contribution in [2.24, 2.45) is 0 Å². The number of hydrogen-bond acceptors (Lipinski definition) is 4. The number of methoxy groups -OCH3 is 1. The van der Waals surface area contributed by atoms with E-state index in [1.165, 1.54) is 14.0 Å². The molecule has 1 aliphatic rings. The topological polar surface area (TPSA) is 117 Å². The van der Waals surface area contributed by atoms with Crippen molar-refractivity contribution in [3.8, 4) is 0 Å². The maximum atomic E-state index is 11.6. The first-order valence-corrected chi connectivity index (χ1v) is 6.00. The maximum Gasteiger partial charge on any atom is 0.329 e. The highest BCUT2D eigenvalue weighted by Gasteiger charge is 2.51. The van der Waals surface area contributed by atoms with Gasteiger partial charge in [0, 0.05) is 13.7 Å². The van der Waals surface area contributed by atoms with Crippen molar-refractivity contribution in [2.75, 3.05) is 20.3 Å². The predicted molar refractivity (Wildman–Crippen MR) is 65.6 cm³/mol. The summed E-state index contributed by atoms with van der Waals surface area (Å²) in [7, 11) is 1.52. The minimum atomic E-state index is -1.16. The van der Waals surface area contributed by atoms with Gasteiger partial charge in [-0.3, -0.25) is 4.79 Å². The van der Waals surface area contributed by atoms with Crippen LogP contribution in [0.5, 0.6) is 0 Å². The Labute approximate surface area is 110 Å². The lowest BCUT2D eigenvalue weighted by Crippen LogP contribution is -2.53. The first-order chi connectivity index (χ1) is 8.91. The van der Waals surface area contributed by atoms with Gasteiger partial charge in [0.15, 0.2) is 0 Å². The molecule has 0 aromatic carbocycles. The number of rotatable bonds is 7. The molecule has 0 spiro atoms. The average Bonchev–Trinajstić information content (AvgIpc) is 3.09. The zero-order chi connectivity index (χ0) is 14.5. The first kappa shape index (κ1) is 15.2. The van der Waals surface area contributed by atoms with Gasteiger partial charge in [-0.05, 0) is 19.8 Å². The third kappa shape index (κ3) is 4.40. The second kappa shape index (κ2) is 6.37. The van der Waals surface area contributed by atoms with Crippen LogP contribution in [-0.4, -0.2) is 54.9 Å². The Morgan fingerprint density at radius 3 is 2.47 bits per heavy atom. The Hall–Kier alpha value is -1.83. The van der Waals surface area contributed by atoms with E-state index in [9.17, 15) is 14.4 Å². The summed E-state index contributed by atoms with van der Waals surface area (Å²) in [5, 5.41) is 16.2. The van der Waals surface area contributed by atoms with Crippen LogP contribution in [0.3, 0.4) is 0 Å². The van der Waals surface area contributed by atoms with Gasteiger partial charge < -0.3 is 25.8 Å². The number of carbonyl (C=O) groups excluding carboxylic acids is 2. The van der Waals surface area contributed by atoms with E-state index in [-0.39, 0.29) is 5.91 Å². The minimum absolute atomic E-state index is 0.349. The monoisotopic (exact) mass is 273 g/mol. The van der Waals surface area contributed by atoms with Gasteiger partial charge in [-0.1, -0.05) is 0 Å². The second-order valence-corrected chi connectivity index (χ2v) is 4.49. The summed E-state index contributed by atoms with van der Waals surface area (Å²) in [4.78, 5) is 34.0. The van der Waals surface area contributed by atoms with E-state index in [1.807, 2.05) is 0 Å². The highest BCUT2D eigenvalue weighted by molar-refractivity contribution is 5.91. The zero-order valence-electron chi connectivity index (χ0n) is 11.0. The molecule has 8 heteroatoms. The van der Waals surface area contributed by atoms with Crippen LogP contribution in [0.4, 0.5) is 4.79 Å². The SMILES string of the molecule is COCCNC(=O)C(C)NC(=O)NC1(C(=O)O)CC1. The van der Waals surface area contributed by atoms with Gasteiger partial charge in [0.1, 0.15) is 11.6 Å². The Balaban J connectivity index is 2.31. The van der Waals surface area contributed by atoms with Crippen LogP contribution in [0.25, 0.3) is 0 Å². The number of nitrogens with one attached hydrogen (secondary N) is 3. The molecule has 1 atom stereocenters. The maximum absolute atomic E-state index is 11.6. The lowest BCUT2D eigenvalue weighted by molar-refractivity contribution is -0.140. The van der Waals surface area contributed by atoms with Crippen molar-refractivity contribution in [3.05, 3.63) is 0 Å². The van der Waals surface area contributed by atoms with Gasteiger partial charge >= 0.3 is 12.0 Å². The molecule has 0 bridgehead atoms. The third-order valence-corrected chi connectivity index (χ3v) is 2.86. The summed E-state index contributed by atoms with van der Waals surface area (Å²) < 4.78 is 4.77. The summed E-state index contributed by atoms with van der Waals surface area (Å²) in [6.45, 7) is 2.25. The highest BCUT2D eigenvalue weighted by Crippen LogP contribution is 2.35. The second-order valence-electron chi connectivity index (χ2n) is 4.49. The number of ether oxygens (including phenoxy) is 1. The third-order valence-electron chi connectivity index (χ3n) is 2.86. The number of aliphatic carboxylic acids is 1. The molecule has 0 radical (unpaired) electrons. The van der Waals surface area contributed by atoms with Crippen LogP contribution >= 0.6 is 0 Å². The number of amides is 3. The van der Waals surface area contributed by atoms with E-state index in [4.69, 9.17) is 9.84 Å². The Kier molecular flexibility index (Phi) is 5.11. The predicted octanol–water partition coefficient (Wildman–Crippen LogP) is -0.946. The summed E-state index contributed by atoms with van der Waals surface area (Å²) in [5.41, 5.74) is -1.16. The normalized spacial score (nSPS) is 17.2. The number of urea groups is 1. The lowest BCUT2D eigenvalue weighted by atomic mass is 10.3. The van der Waals surface area contributed by atoms with Gasteiger partial charge in [-0.2, -0.15) is 0 Å². The van der Waals surface area contributed by atoms with Gasteiger partial charge in [0.25, 0.3) is 0 Å². The van der Waals surface area contributed by atoms with E-state index in [2.05, 4.69) is 16.0 Å². The Morgan fingerprint density at radius 2 is 2.00 bits per heavy atom. The minimum Gasteiger partial charge on any atom is -0.480 e. The molecular formula is C11H19N3O5. The highest BCUT2D eigenvalue weighted by atomic mass is 16.5. The van der Waals surface area contributed by atoms with Crippen LogP contribution in [0.1, 0.15) is 19.8 Å². The fourth-order valence-electron chi connectivity index (χ4n) is 1.46. The van der Waals surface area contributed by atoms with Crippen molar-refractivity contribution in [1.82, 2.24) is 16.0 Å². The molecule has 1 aliphatic carbocycles. The molecule has 0 aliphatic heterocycles. The lowest BCUT2D eigenvalue weighted by Gasteiger charge is -2.17. The van der Waals surface area contributed by atoms with Gasteiger partial charge in [0.2, 0.25) is 5.91 Å². The van der Waals surface area contributed by atoms with Crippen LogP contribution < -0.4 is 16.0 Å². The number of carboxylic acids is 1. The molecule has 1 fully saturated rings. The van der Waals surface area contributed by atoms with Crippen molar-refractivity contribution >= 4 is 17.9 Å². The van der Waals surface area contributed by atoms with E-state index >= 15 is 0 Å². The summed E-state index contributed by atoms with van der Waals surface area (Å²) >= 11 is 0. The molecule has 0 heterocycles. The molecule has 0 aromatic rings. The Bertz CT molecular complexity index is 367. The van der Waals surface area contributed by atoms with E-state index in [0.29, 0.717) is 26.0 Å². The molecule has 0 saturated heterocycles. The van der Waals surface area contributed by atoms with E-state index < -0.39 is 23.6 Å². The smallest absolute Gasteiger partial charge is 0.329 e. The fraction of sp³-hybridized carbons (Fsp3) is 0.727. The summed E-state index contributed by atoms with van der Waals surface area (Å²) in [5.74, 6) is -1.41. The largest absolute Gasteiger partial charge is 0.480 e. The number of carbonyl (C=O) groups is 3. The fourth-order valence-corrected chi connectivity index (χ4v) is 1.46. The molecule has 1 rings (SSSR count). The number of carboxylic acid groups (broad SMARTS) is 1. The molecule has 1 unspecified atom stereocenters. The molecule has 19 heavy (non-hydrogen) atoms. The van der Waals surface area contributed by atoms with Crippen LogP contribution in [0.15, 0.2) is 0 Å². The van der Waals surface area contributed by atoms with E-state index in [1.54, 1.807) is 0 Å². The molecule has 3 amide bonds. The van der Waals surface area contributed by atoms with E-state index in [0.717, 1.165) is 0 Å². The number of hydrogen-bond donors (Lipinski definition) is 4. The molecule has 1 saturated carbocycles. The first-order valence-electron chi connectivity index (χ1n) is 6.00. The molecule has 8 nitrogen and oxygen atoms in total. The summed E-state index contributed by atoms with van der Waals surface area (Å²) in [6.07, 6.45) is 0.814. The molecule has 108 valence electrons. The van der Waals surface area contributed by atoms with Crippen molar-refractivity contribution in [2.45, 2.75) is 31.3 Å². The molecule has 0 aromatic heterocycles.